The van der Waals surface area contributed by atoms with Gasteiger partial charge in [-0.15, -0.1) is 10.2 Å². The van der Waals surface area contributed by atoms with E-state index in [2.05, 4.69) is 15.5 Å². The Morgan fingerprint density at radius 1 is 1.35 bits per heavy atom. The van der Waals surface area contributed by atoms with Gasteiger partial charge in [0, 0.05) is 12.1 Å². The molecule has 4 rings (SSSR count). The molecule has 3 heterocycles. The van der Waals surface area contributed by atoms with Crippen LogP contribution < -0.4 is 5.32 Å². The van der Waals surface area contributed by atoms with E-state index in [-0.39, 0.29) is 11.9 Å². The van der Waals surface area contributed by atoms with Crippen molar-refractivity contribution in [1.29, 1.82) is 0 Å². The van der Waals surface area contributed by atoms with Gasteiger partial charge in [0.25, 0.3) is 5.91 Å². The molecule has 2 aromatic rings. The summed E-state index contributed by atoms with van der Waals surface area (Å²) in [6.07, 6.45) is 5.89. The number of pyridine rings is 1. The van der Waals surface area contributed by atoms with Crippen LogP contribution >= 0.6 is 0 Å². The first-order chi connectivity index (χ1) is 9.81. The third-order valence-corrected chi connectivity index (χ3v) is 4.22. The average molecular weight is 272 g/mol. The van der Waals surface area contributed by atoms with Gasteiger partial charge in [-0.3, -0.25) is 9.20 Å². The number of rotatable bonds is 3. The smallest absolute Gasteiger partial charge is 0.253 e. The fourth-order valence-electron chi connectivity index (χ4n) is 2.92. The molecule has 2 unspecified atom stereocenters. The highest BCUT2D eigenvalue weighted by molar-refractivity contribution is 5.94. The summed E-state index contributed by atoms with van der Waals surface area (Å²) in [5.74, 6) is 1.17. The Hall–Kier alpha value is -1.95. The van der Waals surface area contributed by atoms with Gasteiger partial charge in [0.2, 0.25) is 0 Å². The standard InChI is InChI=1S/C14H16N4O2/c19-14(10-3-4-13-17-15-8-18(13)5-10)16-12-7-20-6-11(12)9-1-2-9/h3-5,8-9,11-12H,1-2,6-7H2,(H,16,19). The molecule has 0 aromatic carbocycles. The molecule has 1 aliphatic carbocycles. The van der Waals surface area contributed by atoms with Crippen molar-refractivity contribution in [2.45, 2.75) is 18.9 Å². The lowest BCUT2D eigenvalue weighted by atomic mass is 9.98. The summed E-state index contributed by atoms with van der Waals surface area (Å²) in [6, 6.07) is 3.72. The lowest BCUT2D eigenvalue weighted by molar-refractivity contribution is 0.0923. The minimum atomic E-state index is -0.0539. The zero-order valence-corrected chi connectivity index (χ0v) is 11.0. The number of aromatic nitrogens is 3. The van der Waals surface area contributed by atoms with Crippen molar-refractivity contribution in [3.63, 3.8) is 0 Å². The van der Waals surface area contributed by atoms with E-state index in [1.165, 1.54) is 12.8 Å². The highest BCUT2D eigenvalue weighted by Crippen LogP contribution is 2.40. The summed E-state index contributed by atoms with van der Waals surface area (Å²) in [5, 5.41) is 10.8. The molecule has 20 heavy (non-hydrogen) atoms. The second-order valence-corrected chi connectivity index (χ2v) is 5.63. The Labute approximate surface area is 116 Å². The first-order valence-electron chi connectivity index (χ1n) is 6.99. The largest absolute Gasteiger partial charge is 0.379 e. The number of amides is 1. The van der Waals surface area contributed by atoms with Crippen molar-refractivity contribution >= 4 is 11.6 Å². The third kappa shape index (κ3) is 2.06. The summed E-state index contributed by atoms with van der Waals surface area (Å²) >= 11 is 0. The second-order valence-electron chi connectivity index (χ2n) is 5.63. The van der Waals surface area contributed by atoms with Crippen molar-refractivity contribution in [3.8, 4) is 0 Å². The van der Waals surface area contributed by atoms with E-state index >= 15 is 0 Å². The Morgan fingerprint density at radius 2 is 2.25 bits per heavy atom. The lowest BCUT2D eigenvalue weighted by Gasteiger charge is -2.18. The van der Waals surface area contributed by atoms with Gasteiger partial charge >= 0.3 is 0 Å². The fraction of sp³-hybridized carbons (Fsp3) is 0.500. The molecular formula is C14H16N4O2. The van der Waals surface area contributed by atoms with Crippen molar-refractivity contribution < 1.29 is 9.53 Å². The van der Waals surface area contributed by atoms with E-state index in [9.17, 15) is 4.79 Å². The predicted octanol–water partition coefficient (Wildman–Crippen LogP) is 0.884. The Kier molecular flexibility index (Phi) is 2.70. The molecule has 6 heteroatoms. The predicted molar refractivity (Wildman–Crippen MR) is 71.3 cm³/mol. The van der Waals surface area contributed by atoms with Gasteiger partial charge in [-0.2, -0.15) is 0 Å². The molecule has 104 valence electrons. The zero-order valence-electron chi connectivity index (χ0n) is 11.0. The van der Waals surface area contributed by atoms with E-state index < -0.39 is 0 Å². The molecule has 1 N–H and O–H groups in total. The zero-order chi connectivity index (χ0) is 13.5. The molecule has 1 aliphatic heterocycles. The van der Waals surface area contributed by atoms with E-state index in [0.29, 0.717) is 18.1 Å². The van der Waals surface area contributed by atoms with Crippen LogP contribution in [-0.4, -0.2) is 39.8 Å². The second kappa shape index (κ2) is 4.56. The molecule has 2 atom stereocenters. The summed E-state index contributed by atoms with van der Waals surface area (Å²) in [7, 11) is 0. The lowest BCUT2D eigenvalue weighted by Crippen LogP contribution is -2.40. The van der Waals surface area contributed by atoms with Gasteiger partial charge in [-0.1, -0.05) is 0 Å². The van der Waals surface area contributed by atoms with Crippen LogP contribution in [0.2, 0.25) is 0 Å². The van der Waals surface area contributed by atoms with E-state index in [1.54, 1.807) is 29.1 Å². The van der Waals surface area contributed by atoms with Crippen LogP contribution in [0, 0.1) is 11.8 Å². The fourth-order valence-corrected chi connectivity index (χ4v) is 2.92. The maximum absolute atomic E-state index is 12.3. The van der Waals surface area contributed by atoms with Gasteiger partial charge < -0.3 is 10.1 Å². The van der Waals surface area contributed by atoms with Crippen LogP contribution in [0.4, 0.5) is 0 Å². The van der Waals surface area contributed by atoms with Gasteiger partial charge in [-0.05, 0) is 30.9 Å². The number of fused-ring (bicyclic) bond motifs is 1. The Bertz CT molecular complexity index is 649. The van der Waals surface area contributed by atoms with Crippen LogP contribution in [0.15, 0.2) is 24.7 Å². The number of ether oxygens (including phenoxy) is 1. The maximum atomic E-state index is 12.3. The van der Waals surface area contributed by atoms with Crippen LogP contribution in [0.5, 0.6) is 0 Å². The summed E-state index contributed by atoms with van der Waals surface area (Å²) in [6.45, 7) is 1.40. The van der Waals surface area contributed by atoms with Gasteiger partial charge in [-0.25, -0.2) is 0 Å². The number of carbonyl (C=O) groups excluding carboxylic acids is 1. The normalized spacial score (nSPS) is 26.0. The van der Waals surface area contributed by atoms with Gasteiger partial charge in [0.1, 0.15) is 6.33 Å². The highest BCUT2D eigenvalue weighted by Gasteiger charge is 2.40. The van der Waals surface area contributed by atoms with Crippen LogP contribution in [0.1, 0.15) is 23.2 Å². The summed E-state index contributed by atoms with van der Waals surface area (Å²) in [5.41, 5.74) is 1.36. The van der Waals surface area contributed by atoms with E-state index in [1.807, 2.05) is 0 Å². The van der Waals surface area contributed by atoms with Crippen LogP contribution in [0.25, 0.3) is 5.65 Å². The minimum absolute atomic E-state index is 0.0539. The van der Waals surface area contributed by atoms with E-state index in [0.717, 1.165) is 18.2 Å². The number of hydrogen-bond donors (Lipinski definition) is 1. The molecular weight excluding hydrogens is 256 g/mol. The van der Waals surface area contributed by atoms with Crippen molar-refractivity contribution in [3.05, 3.63) is 30.2 Å². The average Bonchev–Trinajstić information content (AvgIpc) is 3.01. The summed E-state index contributed by atoms with van der Waals surface area (Å²) in [4.78, 5) is 12.3. The first-order valence-corrected chi connectivity index (χ1v) is 6.99. The third-order valence-electron chi connectivity index (χ3n) is 4.22. The Morgan fingerprint density at radius 3 is 3.10 bits per heavy atom. The minimum Gasteiger partial charge on any atom is -0.379 e. The number of nitrogens with zero attached hydrogens (tertiary/aromatic N) is 3. The SMILES string of the molecule is O=C(NC1COCC1C1CC1)c1ccc2nncn2c1. The van der Waals surface area contributed by atoms with Gasteiger partial charge in [0.05, 0.1) is 24.8 Å². The van der Waals surface area contributed by atoms with Crippen molar-refractivity contribution in [1.82, 2.24) is 19.9 Å². The number of carbonyl (C=O) groups is 1. The molecule has 2 fully saturated rings. The quantitative estimate of drug-likeness (QED) is 0.900. The number of nitrogens with one attached hydrogen (secondary N) is 1. The number of hydrogen-bond acceptors (Lipinski definition) is 4. The molecule has 2 aromatic heterocycles. The van der Waals surface area contributed by atoms with Crippen LogP contribution in [-0.2, 0) is 4.74 Å². The van der Waals surface area contributed by atoms with Crippen molar-refractivity contribution in [2.75, 3.05) is 13.2 Å². The topological polar surface area (TPSA) is 68.5 Å². The molecule has 6 nitrogen and oxygen atoms in total. The molecule has 2 aliphatic rings. The maximum Gasteiger partial charge on any atom is 0.253 e. The van der Waals surface area contributed by atoms with E-state index in [4.69, 9.17) is 4.74 Å². The summed E-state index contributed by atoms with van der Waals surface area (Å²) < 4.78 is 7.27. The molecule has 0 radical (unpaired) electrons. The molecule has 1 saturated heterocycles. The molecule has 0 spiro atoms. The first kappa shape index (κ1) is 11.8. The van der Waals surface area contributed by atoms with Crippen LogP contribution in [0.3, 0.4) is 0 Å². The molecule has 0 bridgehead atoms. The highest BCUT2D eigenvalue weighted by atomic mass is 16.5. The Balaban J connectivity index is 1.51. The van der Waals surface area contributed by atoms with Crippen molar-refractivity contribution in [2.24, 2.45) is 11.8 Å². The molecule has 1 saturated carbocycles. The monoisotopic (exact) mass is 272 g/mol. The molecule has 1 amide bonds. The van der Waals surface area contributed by atoms with Gasteiger partial charge in [0.15, 0.2) is 5.65 Å².